The van der Waals surface area contributed by atoms with Crippen LogP contribution in [0.25, 0.3) is 11.1 Å². The molecule has 250 valence electrons. The Labute approximate surface area is 265 Å². The topological polar surface area (TPSA) is 91.6 Å². The molecule has 1 aromatic heterocycles. The SMILES string of the molecule is Cc1cc(-c2c(C)cccc2C)cc([C@H](CC(=O)O)NC(=O)C(CC(C)C)n2cc(CCN(C)C)c(C(F)(F)F)c(F)c2=O)c1F. The van der Waals surface area contributed by atoms with E-state index in [9.17, 15) is 32.7 Å². The second-order valence-electron chi connectivity index (χ2n) is 12.4. The number of carbonyl (C=O) groups is 2. The lowest BCUT2D eigenvalue weighted by molar-refractivity contribution is -0.141. The van der Waals surface area contributed by atoms with E-state index in [1.807, 2.05) is 32.0 Å². The van der Waals surface area contributed by atoms with Gasteiger partial charge in [0.2, 0.25) is 11.7 Å². The number of rotatable bonds is 12. The highest BCUT2D eigenvalue weighted by molar-refractivity contribution is 5.82. The van der Waals surface area contributed by atoms with Gasteiger partial charge in [0.05, 0.1) is 12.5 Å². The quantitative estimate of drug-likeness (QED) is 0.212. The highest BCUT2D eigenvalue weighted by Gasteiger charge is 2.40. The molecule has 0 saturated carbocycles. The number of pyridine rings is 1. The Morgan fingerprint density at radius 3 is 2.13 bits per heavy atom. The van der Waals surface area contributed by atoms with E-state index in [4.69, 9.17) is 0 Å². The molecule has 46 heavy (non-hydrogen) atoms. The van der Waals surface area contributed by atoms with Crippen LogP contribution in [0.5, 0.6) is 0 Å². The van der Waals surface area contributed by atoms with Crippen LogP contribution in [0, 0.1) is 38.3 Å². The Kier molecular flexibility index (Phi) is 11.5. The highest BCUT2D eigenvalue weighted by atomic mass is 19.4. The summed E-state index contributed by atoms with van der Waals surface area (Å²) in [4.78, 5) is 40.5. The molecular formula is C34H40F5N3O4. The lowest BCUT2D eigenvalue weighted by Gasteiger charge is -2.27. The third kappa shape index (κ3) is 8.39. The maximum atomic E-state index is 15.7. The van der Waals surface area contributed by atoms with E-state index in [1.165, 1.54) is 13.0 Å². The largest absolute Gasteiger partial charge is 0.481 e. The zero-order valence-electron chi connectivity index (χ0n) is 27.0. The zero-order valence-corrected chi connectivity index (χ0v) is 27.0. The first kappa shape index (κ1) is 36.4. The fraction of sp³-hybridized carbons (Fsp3) is 0.441. The molecule has 0 aliphatic heterocycles. The molecule has 2 N–H and O–H groups in total. The molecule has 1 unspecified atom stereocenters. The molecule has 0 saturated heterocycles. The van der Waals surface area contributed by atoms with Crippen molar-refractivity contribution >= 4 is 11.9 Å². The van der Waals surface area contributed by atoms with Gasteiger partial charge >= 0.3 is 12.1 Å². The number of carbonyl (C=O) groups excluding carboxylic acids is 1. The minimum Gasteiger partial charge on any atom is -0.481 e. The molecule has 2 atom stereocenters. The number of hydrogen-bond donors (Lipinski definition) is 2. The average Bonchev–Trinajstić information content (AvgIpc) is 2.92. The van der Waals surface area contributed by atoms with Crippen LogP contribution in [0.1, 0.15) is 72.2 Å². The van der Waals surface area contributed by atoms with Crippen LogP contribution in [0.15, 0.2) is 41.3 Å². The van der Waals surface area contributed by atoms with Gasteiger partial charge in [0.1, 0.15) is 17.4 Å². The molecule has 0 aliphatic carbocycles. The molecule has 0 fully saturated rings. The summed E-state index contributed by atoms with van der Waals surface area (Å²) >= 11 is 0. The molecule has 0 aliphatic rings. The summed E-state index contributed by atoms with van der Waals surface area (Å²) in [6, 6.07) is 5.76. The minimum atomic E-state index is -5.16. The Balaban J connectivity index is 2.18. The van der Waals surface area contributed by atoms with Crippen molar-refractivity contribution < 1.29 is 36.6 Å². The van der Waals surface area contributed by atoms with Crippen molar-refractivity contribution in [1.82, 2.24) is 14.8 Å². The van der Waals surface area contributed by atoms with E-state index in [1.54, 1.807) is 38.9 Å². The predicted molar refractivity (Wildman–Crippen MR) is 166 cm³/mol. The van der Waals surface area contributed by atoms with Crippen LogP contribution in [0.3, 0.4) is 0 Å². The van der Waals surface area contributed by atoms with Crippen LogP contribution in [0.2, 0.25) is 0 Å². The highest BCUT2D eigenvalue weighted by Crippen LogP contribution is 2.35. The van der Waals surface area contributed by atoms with Gasteiger partial charge in [-0.2, -0.15) is 13.2 Å². The first-order chi connectivity index (χ1) is 21.3. The van der Waals surface area contributed by atoms with E-state index in [-0.39, 0.29) is 36.4 Å². The van der Waals surface area contributed by atoms with Crippen molar-refractivity contribution in [2.75, 3.05) is 20.6 Å². The molecule has 7 nitrogen and oxygen atoms in total. The number of nitrogens with one attached hydrogen (secondary N) is 1. The van der Waals surface area contributed by atoms with Gasteiger partial charge in [-0.05, 0) is 99.1 Å². The normalized spacial score (nSPS) is 13.3. The average molecular weight is 650 g/mol. The van der Waals surface area contributed by atoms with E-state index < -0.39 is 64.9 Å². The van der Waals surface area contributed by atoms with Gasteiger partial charge in [-0.15, -0.1) is 0 Å². The lowest BCUT2D eigenvalue weighted by atomic mass is 9.90. The number of aromatic nitrogens is 1. The van der Waals surface area contributed by atoms with Crippen LogP contribution in [-0.2, 0) is 22.2 Å². The maximum absolute atomic E-state index is 15.7. The Morgan fingerprint density at radius 2 is 1.61 bits per heavy atom. The van der Waals surface area contributed by atoms with E-state index in [0.717, 1.165) is 22.9 Å². The molecule has 1 amide bonds. The van der Waals surface area contributed by atoms with Crippen LogP contribution in [0.4, 0.5) is 22.0 Å². The van der Waals surface area contributed by atoms with Crippen molar-refractivity contribution in [3.63, 3.8) is 0 Å². The number of aryl methyl sites for hydroxylation is 3. The number of likely N-dealkylation sites (N-methyl/N-ethyl adjacent to an activating group) is 1. The second-order valence-corrected chi connectivity index (χ2v) is 12.4. The van der Waals surface area contributed by atoms with Crippen molar-refractivity contribution in [3.8, 4) is 11.1 Å². The predicted octanol–water partition coefficient (Wildman–Crippen LogP) is 6.76. The number of hydrogen-bond acceptors (Lipinski definition) is 4. The number of aliphatic carboxylic acids is 1. The fourth-order valence-electron chi connectivity index (χ4n) is 5.66. The van der Waals surface area contributed by atoms with Crippen LogP contribution in [-0.4, -0.2) is 47.1 Å². The number of benzene rings is 2. The van der Waals surface area contributed by atoms with Gasteiger partial charge in [0, 0.05) is 18.3 Å². The molecule has 3 rings (SSSR count). The van der Waals surface area contributed by atoms with E-state index in [2.05, 4.69) is 5.32 Å². The molecule has 1 heterocycles. The summed E-state index contributed by atoms with van der Waals surface area (Å²) in [5.41, 5.74) is -0.576. The molecule has 3 aromatic rings. The third-order valence-electron chi connectivity index (χ3n) is 7.83. The monoisotopic (exact) mass is 649 g/mol. The number of halogens is 5. The van der Waals surface area contributed by atoms with Crippen LogP contribution < -0.4 is 10.9 Å². The summed E-state index contributed by atoms with van der Waals surface area (Å²) in [6.07, 6.45) is -5.43. The number of carboxylic acid groups (broad SMARTS) is 1. The number of carboxylic acids is 1. The van der Waals surface area contributed by atoms with Crippen LogP contribution >= 0.6 is 0 Å². The first-order valence-corrected chi connectivity index (χ1v) is 14.9. The second kappa shape index (κ2) is 14.6. The number of nitrogens with zero attached hydrogens (tertiary/aromatic N) is 2. The Hall–Kier alpha value is -4.06. The van der Waals surface area contributed by atoms with Gasteiger partial charge in [-0.3, -0.25) is 14.4 Å². The Bertz CT molecular complexity index is 1640. The van der Waals surface area contributed by atoms with Crippen molar-refractivity contribution in [3.05, 3.63) is 91.9 Å². The first-order valence-electron chi connectivity index (χ1n) is 14.9. The zero-order chi connectivity index (χ0) is 34.7. The summed E-state index contributed by atoms with van der Waals surface area (Å²) in [5.74, 6) is -5.40. The van der Waals surface area contributed by atoms with Gasteiger partial charge < -0.3 is 19.9 Å². The van der Waals surface area contributed by atoms with E-state index in [0.29, 0.717) is 10.1 Å². The standard InChI is InChI=1S/C34H40F5N3O4/c1-18(2)13-26(42-17-22(11-12-41(6)7)29(34(37,38)39)31(36)33(42)46)32(45)40-25(16-27(43)44)24-15-23(14-21(5)30(24)35)28-19(3)9-8-10-20(28)4/h8-10,14-15,17-18,25-26H,11-13,16H2,1-7H3,(H,40,45)(H,43,44)/t25-,26?/m0/s1. The van der Waals surface area contributed by atoms with Crippen molar-refractivity contribution in [2.24, 2.45) is 5.92 Å². The smallest absolute Gasteiger partial charge is 0.419 e. The van der Waals surface area contributed by atoms with Gasteiger partial charge in [-0.1, -0.05) is 32.0 Å². The molecule has 0 spiro atoms. The fourth-order valence-corrected chi connectivity index (χ4v) is 5.66. The summed E-state index contributed by atoms with van der Waals surface area (Å²) < 4.78 is 73.3. The van der Waals surface area contributed by atoms with Gasteiger partial charge in [-0.25, -0.2) is 8.78 Å². The Morgan fingerprint density at radius 1 is 1.00 bits per heavy atom. The van der Waals surface area contributed by atoms with Gasteiger partial charge in [0.25, 0.3) is 5.56 Å². The molecule has 0 bridgehead atoms. The molecular weight excluding hydrogens is 609 g/mol. The molecule has 2 aromatic carbocycles. The summed E-state index contributed by atoms with van der Waals surface area (Å²) in [6.45, 7) is 8.76. The third-order valence-corrected chi connectivity index (χ3v) is 7.83. The number of amides is 1. The lowest BCUT2D eigenvalue weighted by Crippen LogP contribution is -2.42. The number of alkyl halides is 3. The van der Waals surface area contributed by atoms with Gasteiger partial charge in [0.15, 0.2) is 0 Å². The summed E-state index contributed by atoms with van der Waals surface area (Å²) in [7, 11) is 3.24. The molecule has 12 heteroatoms. The van der Waals surface area contributed by atoms with E-state index >= 15 is 8.78 Å². The molecule has 0 radical (unpaired) electrons. The summed E-state index contributed by atoms with van der Waals surface area (Å²) in [5, 5.41) is 12.3. The van der Waals surface area contributed by atoms with Crippen molar-refractivity contribution in [2.45, 2.75) is 72.1 Å². The van der Waals surface area contributed by atoms with Crippen molar-refractivity contribution in [1.29, 1.82) is 0 Å². The maximum Gasteiger partial charge on any atom is 0.419 e. The minimum absolute atomic E-state index is 0.0950.